The molecule has 106 valence electrons. The Balaban J connectivity index is 1.95. The minimum Gasteiger partial charge on any atom is -0.345 e. The molecular formula is C15H15N5S. The van der Waals surface area contributed by atoms with Crippen molar-refractivity contribution in [3.8, 4) is 11.5 Å². The lowest BCUT2D eigenvalue weighted by atomic mass is 10.1. The van der Waals surface area contributed by atoms with Gasteiger partial charge in [0, 0.05) is 42.5 Å². The fourth-order valence-electron chi connectivity index (χ4n) is 2.66. The van der Waals surface area contributed by atoms with E-state index in [9.17, 15) is 0 Å². The number of aryl methyl sites for hydroxylation is 1. The van der Waals surface area contributed by atoms with Crippen molar-refractivity contribution in [2.45, 2.75) is 0 Å². The fraction of sp³-hybridized carbons (Fsp3) is 0.267. The molecule has 0 saturated carbocycles. The van der Waals surface area contributed by atoms with Crippen molar-refractivity contribution in [1.29, 1.82) is 0 Å². The molecule has 4 rings (SSSR count). The van der Waals surface area contributed by atoms with Crippen LogP contribution in [-0.4, -0.2) is 37.9 Å². The summed E-state index contributed by atoms with van der Waals surface area (Å²) in [5, 5.41) is 11.2. The maximum Gasteiger partial charge on any atom is 0.160 e. The summed E-state index contributed by atoms with van der Waals surface area (Å²) in [7, 11) is 1.98. The van der Waals surface area contributed by atoms with Crippen LogP contribution in [0.3, 0.4) is 0 Å². The first-order valence-electron chi connectivity index (χ1n) is 6.90. The first-order chi connectivity index (χ1) is 10.3. The Morgan fingerprint density at radius 2 is 2.00 bits per heavy atom. The number of imidazole rings is 1. The predicted octanol–water partition coefficient (Wildman–Crippen LogP) is 2.54. The summed E-state index contributed by atoms with van der Waals surface area (Å²) in [5.74, 6) is 3.96. The van der Waals surface area contributed by atoms with E-state index in [1.165, 1.54) is 0 Å². The van der Waals surface area contributed by atoms with Crippen molar-refractivity contribution in [3.05, 3.63) is 36.7 Å². The smallest absolute Gasteiger partial charge is 0.160 e. The van der Waals surface area contributed by atoms with Crippen LogP contribution in [0.25, 0.3) is 22.3 Å². The lowest BCUT2D eigenvalue weighted by molar-refractivity contribution is 0.892. The molecule has 1 saturated heterocycles. The largest absolute Gasteiger partial charge is 0.345 e. The molecule has 1 aromatic carbocycles. The first-order valence-corrected chi connectivity index (χ1v) is 8.06. The van der Waals surface area contributed by atoms with Crippen LogP contribution in [0.15, 0.2) is 36.7 Å². The summed E-state index contributed by atoms with van der Waals surface area (Å²) in [6, 6.07) is 8.31. The highest BCUT2D eigenvalue weighted by Gasteiger charge is 2.20. The first kappa shape index (κ1) is 12.6. The van der Waals surface area contributed by atoms with Crippen LogP contribution in [0.2, 0.25) is 0 Å². The van der Waals surface area contributed by atoms with E-state index in [-0.39, 0.29) is 0 Å². The number of fused-ring (bicyclic) bond motifs is 1. The van der Waals surface area contributed by atoms with Crippen molar-refractivity contribution in [2.24, 2.45) is 7.05 Å². The van der Waals surface area contributed by atoms with Crippen LogP contribution in [-0.2, 0) is 7.05 Å². The van der Waals surface area contributed by atoms with Gasteiger partial charge < -0.3 is 9.47 Å². The quantitative estimate of drug-likeness (QED) is 0.727. The van der Waals surface area contributed by atoms with Crippen LogP contribution < -0.4 is 4.90 Å². The van der Waals surface area contributed by atoms with Gasteiger partial charge in [-0.1, -0.05) is 24.3 Å². The molecule has 0 atom stereocenters. The molecule has 3 heterocycles. The molecule has 2 aromatic heterocycles. The number of nitrogens with zero attached hydrogens (tertiary/aromatic N) is 5. The van der Waals surface area contributed by atoms with Gasteiger partial charge in [-0.2, -0.15) is 0 Å². The minimum absolute atomic E-state index is 0.841. The average molecular weight is 297 g/mol. The van der Waals surface area contributed by atoms with E-state index >= 15 is 0 Å². The van der Waals surface area contributed by atoms with E-state index in [1.807, 2.05) is 35.6 Å². The molecule has 0 radical (unpaired) electrons. The summed E-state index contributed by atoms with van der Waals surface area (Å²) >= 11 is 1.93. The van der Waals surface area contributed by atoms with Crippen molar-refractivity contribution in [2.75, 3.05) is 23.1 Å². The lowest BCUT2D eigenvalue weighted by Crippen LogP contribution is -2.20. The van der Waals surface area contributed by atoms with Gasteiger partial charge >= 0.3 is 0 Å². The van der Waals surface area contributed by atoms with Crippen LogP contribution >= 0.6 is 11.8 Å². The summed E-state index contributed by atoms with van der Waals surface area (Å²) in [4.78, 5) is 6.70. The second-order valence-electron chi connectivity index (χ2n) is 5.08. The third kappa shape index (κ3) is 2.06. The molecule has 0 bridgehead atoms. The van der Waals surface area contributed by atoms with Gasteiger partial charge in [-0.3, -0.25) is 0 Å². The van der Waals surface area contributed by atoms with E-state index < -0.39 is 0 Å². The fourth-order valence-corrected chi connectivity index (χ4v) is 3.61. The molecule has 1 fully saturated rings. The van der Waals surface area contributed by atoms with Gasteiger partial charge in [-0.25, -0.2) is 4.98 Å². The van der Waals surface area contributed by atoms with Gasteiger partial charge in [-0.05, 0) is 0 Å². The molecule has 0 aliphatic carbocycles. The number of aromatic nitrogens is 4. The van der Waals surface area contributed by atoms with Crippen molar-refractivity contribution >= 4 is 28.4 Å². The Morgan fingerprint density at radius 3 is 2.71 bits per heavy atom. The number of thioether (sulfide) groups is 1. The zero-order valence-electron chi connectivity index (χ0n) is 11.7. The second-order valence-corrected chi connectivity index (χ2v) is 6.16. The van der Waals surface area contributed by atoms with Crippen molar-refractivity contribution in [3.63, 3.8) is 0 Å². The Morgan fingerprint density at radius 1 is 1.14 bits per heavy atom. The average Bonchev–Trinajstić information content (AvgIpc) is 3.18. The lowest BCUT2D eigenvalue weighted by Gasteiger charge is -2.17. The number of hydrogen-bond donors (Lipinski definition) is 0. The molecule has 1 aliphatic heterocycles. The van der Waals surface area contributed by atoms with E-state index in [1.54, 1.807) is 6.20 Å². The number of benzene rings is 1. The highest BCUT2D eigenvalue weighted by molar-refractivity contribution is 7.99. The molecule has 5 nitrogen and oxygen atoms in total. The van der Waals surface area contributed by atoms with Crippen LogP contribution in [0, 0.1) is 0 Å². The third-order valence-electron chi connectivity index (χ3n) is 3.75. The molecule has 0 amide bonds. The van der Waals surface area contributed by atoms with Crippen LogP contribution in [0.5, 0.6) is 0 Å². The topological polar surface area (TPSA) is 46.8 Å². The highest BCUT2D eigenvalue weighted by Crippen LogP contribution is 2.32. The predicted molar refractivity (Wildman–Crippen MR) is 86.4 cm³/mol. The third-order valence-corrected chi connectivity index (χ3v) is 4.72. The van der Waals surface area contributed by atoms with Gasteiger partial charge in [0.2, 0.25) is 0 Å². The number of hydrogen-bond acceptors (Lipinski definition) is 5. The van der Waals surface area contributed by atoms with E-state index in [0.29, 0.717) is 0 Å². The maximum absolute atomic E-state index is 4.50. The normalized spacial score (nSPS) is 15.0. The van der Waals surface area contributed by atoms with Crippen LogP contribution in [0.4, 0.5) is 5.82 Å². The van der Waals surface area contributed by atoms with E-state index in [0.717, 1.165) is 46.3 Å². The Kier molecular flexibility index (Phi) is 3.03. The summed E-state index contributed by atoms with van der Waals surface area (Å²) in [6.45, 7) is 1.03. The SMILES string of the molecule is Cn1ccnc1-c1nnc(N2CCSC2)c2ccccc12. The molecule has 1 aliphatic rings. The summed E-state index contributed by atoms with van der Waals surface area (Å²) in [5.41, 5.74) is 0.841. The summed E-state index contributed by atoms with van der Waals surface area (Å²) in [6.07, 6.45) is 3.72. The number of rotatable bonds is 2. The van der Waals surface area contributed by atoms with Gasteiger partial charge in [0.15, 0.2) is 11.6 Å². The maximum atomic E-state index is 4.50. The molecular weight excluding hydrogens is 282 g/mol. The Bertz CT molecular complexity index is 792. The van der Waals surface area contributed by atoms with Gasteiger partial charge in [0.25, 0.3) is 0 Å². The van der Waals surface area contributed by atoms with Crippen LogP contribution in [0.1, 0.15) is 0 Å². The molecule has 6 heteroatoms. The second kappa shape index (κ2) is 5.04. The number of anilines is 1. The molecule has 21 heavy (non-hydrogen) atoms. The van der Waals surface area contributed by atoms with Gasteiger partial charge in [0.1, 0.15) is 5.69 Å². The van der Waals surface area contributed by atoms with Crippen molar-refractivity contribution in [1.82, 2.24) is 19.7 Å². The molecule has 0 unspecified atom stereocenters. The van der Waals surface area contributed by atoms with Gasteiger partial charge in [0.05, 0.1) is 5.88 Å². The molecule has 0 spiro atoms. The Hall–Kier alpha value is -2.08. The van der Waals surface area contributed by atoms with E-state index in [2.05, 4.69) is 38.3 Å². The zero-order chi connectivity index (χ0) is 14.2. The molecule has 0 N–H and O–H groups in total. The van der Waals surface area contributed by atoms with E-state index in [4.69, 9.17) is 0 Å². The Labute approximate surface area is 127 Å². The van der Waals surface area contributed by atoms with Gasteiger partial charge in [-0.15, -0.1) is 22.0 Å². The van der Waals surface area contributed by atoms with Crippen molar-refractivity contribution < 1.29 is 0 Å². The summed E-state index contributed by atoms with van der Waals surface area (Å²) < 4.78 is 1.97. The zero-order valence-corrected chi connectivity index (χ0v) is 12.5. The monoisotopic (exact) mass is 297 g/mol. The minimum atomic E-state index is 0.841. The highest BCUT2D eigenvalue weighted by atomic mass is 32.2. The molecule has 3 aromatic rings. The standard InChI is InChI=1S/C15H15N5S/c1-19-7-6-16-15(19)13-11-4-2-3-5-12(11)14(18-17-13)20-8-9-21-10-20/h2-7H,8-10H2,1H3.